The van der Waals surface area contributed by atoms with Crippen LogP contribution in [-0.4, -0.2) is 45.8 Å². The van der Waals surface area contributed by atoms with Crippen molar-refractivity contribution in [3.63, 3.8) is 0 Å². The number of rotatable bonds is 4. The van der Waals surface area contributed by atoms with Crippen LogP contribution in [0.1, 0.15) is 0 Å². The highest BCUT2D eigenvalue weighted by molar-refractivity contribution is 7.92. The van der Waals surface area contributed by atoms with Gasteiger partial charge in [0.2, 0.25) is 10.0 Å². The fraction of sp³-hybridized carbons (Fsp3) is 0.312. The van der Waals surface area contributed by atoms with Crippen molar-refractivity contribution in [2.45, 2.75) is 0 Å². The number of hydrogen-bond donors (Lipinski definition) is 2. The van der Waals surface area contributed by atoms with Gasteiger partial charge in [-0.05, 0) is 30.3 Å². The van der Waals surface area contributed by atoms with Crippen molar-refractivity contribution in [2.75, 3.05) is 52.7 Å². The minimum atomic E-state index is -3.24. The van der Waals surface area contributed by atoms with Crippen LogP contribution in [0.2, 0.25) is 0 Å². The highest BCUT2D eigenvalue weighted by atomic mass is 32.2. The SMILES string of the molecule is CS(=O)(=O)Nc1ccc(N2CCN(c3cc(N)ccn3)CC2)cc1. The van der Waals surface area contributed by atoms with Gasteiger partial charge < -0.3 is 15.5 Å². The number of benzene rings is 1. The Morgan fingerprint density at radius 1 is 1.04 bits per heavy atom. The van der Waals surface area contributed by atoms with Gasteiger partial charge in [-0.2, -0.15) is 0 Å². The van der Waals surface area contributed by atoms with Crippen molar-refractivity contribution in [2.24, 2.45) is 0 Å². The minimum Gasteiger partial charge on any atom is -0.399 e. The zero-order valence-corrected chi connectivity index (χ0v) is 14.3. The minimum absolute atomic E-state index is 0.573. The molecule has 0 bridgehead atoms. The number of nitrogen functional groups attached to an aromatic ring is 1. The monoisotopic (exact) mass is 347 g/mol. The van der Waals surface area contributed by atoms with E-state index in [1.165, 1.54) is 0 Å². The lowest BCUT2D eigenvalue weighted by molar-refractivity contribution is 0.607. The normalized spacial score (nSPS) is 15.4. The van der Waals surface area contributed by atoms with Crippen molar-refractivity contribution >= 4 is 32.9 Å². The number of hydrogen-bond acceptors (Lipinski definition) is 6. The molecule has 24 heavy (non-hydrogen) atoms. The lowest BCUT2D eigenvalue weighted by atomic mass is 10.2. The molecule has 0 radical (unpaired) electrons. The van der Waals surface area contributed by atoms with Crippen LogP contribution in [0.3, 0.4) is 0 Å². The van der Waals surface area contributed by atoms with Gasteiger partial charge in [0.1, 0.15) is 5.82 Å². The summed E-state index contributed by atoms with van der Waals surface area (Å²) in [5.74, 6) is 0.905. The summed E-state index contributed by atoms with van der Waals surface area (Å²) < 4.78 is 25.0. The predicted octanol–water partition coefficient (Wildman–Crippen LogP) is 1.36. The van der Waals surface area contributed by atoms with E-state index in [9.17, 15) is 8.42 Å². The molecular formula is C16H21N5O2S. The Bertz CT molecular complexity index is 799. The van der Waals surface area contributed by atoms with Gasteiger partial charge >= 0.3 is 0 Å². The summed E-state index contributed by atoms with van der Waals surface area (Å²) in [5.41, 5.74) is 8.19. The molecule has 1 aromatic carbocycles. The molecule has 2 aromatic rings. The van der Waals surface area contributed by atoms with Crippen molar-refractivity contribution in [3.05, 3.63) is 42.6 Å². The molecule has 128 valence electrons. The van der Waals surface area contributed by atoms with Gasteiger partial charge in [0.05, 0.1) is 6.26 Å². The van der Waals surface area contributed by atoms with Crippen LogP contribution in [0.5, 0.6) is 0 Å². The highest BCUT2D eigenvalue weighted by Crippen LogP contribution is 2.22. The lowest BCUT2D eigenvalue weighted by Gasteiger charge is -2.36. The molecule has 1 aliphatic rings. The summed E-state index contributed by atoms with van der Waals surface area (Å²) in [7, 11) is -3.24. The van der Waals surface area contributed by atoms with Crippen LogP contribution in [-0.2, 0) is 10.0 Å². The largest absolute Gasteiger partial charge is 0.399 e. The standard InChI is InChI=1S/C16H21N5O2S/c1-24(22,23)19-14-2-4-15(5-3-14)20-8-10-21(11-9-20)16-12-13(17)6-7-18-16/h2-7,12,19H,8-11H2,1H3,(H2,17,18). The lowest BCUT2D eigenvalue weighted by Crippen LogP contribution is -2.46. The quantitative estimate of drug-likeness (QED) is 0.868. The summed E-state index contributed by atoms with van der Waals surface area (Å²) in [6.07, 6.45) is 2.87. The Labute approximate surface area is 142 Å². The summed E-state index contributed by atoms with van der Waals surface area (Å²) in [6.45, 7) is 3.46. The molecule has 1 saturated heterocycles. The van der Waals surface area contributed by atoms with Crippen LogP contribution in [0.4, 0.5) is 22.9 Å². The number of nitrogens with zero attached hydrogens (tertiary/aromatic N) is 3. The van der Waals surface area contributed by atoms with Crippen LogP contribution in [0, 0.1) is 0 Å². The van der Waals surface area contributed by atoms with Gasteiger partial charge in [-0.3, -0.25) is 4.72 Å². The number of anilines is 4. The maximum Gasteiger partial charge on any atom is 0.229 e. The number of sulfonamides is 1. The van der Waals surface area contributed by atoms with Crippen molar-refractivity contribution in [3.8, 4) is 0 Å². The zero-order valence-electron chi connectivity index (χ0n) is 13.5. The van der Waals surface area contributed by atoms with Crippen molar-refractivity contribution in [1.29, 1.82) is 0 Å². The van der Waals surface area contributed by atoms with E-state index in [2.05, 4.69) is 19.5 Å². The Kier molecular flexibility index (Phi) is 4.48. The molecule has 8 heteroatoms. The maximum absolute atomic E-state index is 11.2. The second-order valence-corrected chi connectivity index (χ2v) is 7.59. The first-order chi connectivity index (χ1) is 11.4. The van der Waals surface area contributed by atoms with Gasteiger partial charge in [-0.15, -0.1) is 0 Å². The van der Waals surface area contributed by atoms with E-state index >= 15 is 0 Å². The molecular weight excluding hydrogens is 326 g/mol. The number of nitrogens with two attached hydrogens (primary N) is 1. The first-order valence-corrected chi connectivity index (χ1v) is 9.59. The van der Waals surface area contributed by atoms with E-state index < -0.39 is 10.0 Å². The average molecular weight is 347 g/mol. The predicted molar refractivity (Wildman–Crippen MR) is 98.0 cm³/mol. The smallest absolute Gasteiger partial charge is 0.229 e. The van der Waals surface area contributed by atoms with E-state index in [1.54, 1.807) is 24.4 Å². The summed E-state index contributed by atoms with van der Waals surface area (Å²) >= 11 is 0. The fourth-order valence-corrected chi connectivity index (χ4v) is 3.32. The second-order valence-electron chi connectivity index (χ2n) is 5.84. The third kappa shape index (κ3) is 4.08. The van der Waals surface area contributed by atoms with Crippen LogP contribution in [0.15, 0.2) is 42.6 Å². The van der Waals surface area contributed by atoms with E-state index in [0.717, 1.165) is 49.6 Å². The molecule has 0 saturated carbocycles. The number of piperazine rings is 1. The molecule has 0 aliphatic carbocycles. The topological polar surface area (TPSA) is 91.6 Å². The third-order valence-corrected chi connectivity index (χ3v) is 4.52. The van der Waals surface area contributed by atoms with Gasteiger partial charge in [0.25, 0.3) is 0 Å². The molecule has 1 aliphatic heterocycles. The van der Waals surface area contributed by atoms with Gasteiger partial charge in [0.15, 0.2) is 0 Å². The van der Waals surface area contributed by atoms with E-state index in [0.29, 0.717) is 5.69 Å². The second kappa shape index (κ2) is 6.56. The molecule has 7 nitrogen and oxygen atoms in total. The average Bonchev–Trinajstić information content (AvgIpc) is 2.54. The number of pyridine rings is 1. The van der Waals surface area contributed by atoms with Crippen LogP contribution in [0.25, 0.3) is 0 Å². The summed E-state index contributed by atoms with van der Waals surface area (Å²) in [5, 5.41) is 0. The molecule has 1 aromatic heterocycles. The molecule has 3 N–H and O–H groups in total. The summed E-state index contributed by atoms with van der Waals surface area (Å²) in [4.78, 5) is 8.85. The van der Waals surface area contributed by atoms with Crippen molar-refractivity contribution in [1.82, 2.24) is 4.98 Å². The molecule has 3 rings (SSSR count). The van der Waals surface area contributed by atoms with Gasteiger partial charge in [0, 0.05) is 55.5 Å². The number of nitrogens with one attached hydrogen (secondary N) is 1. The van der Waals surface area contributed by atoms with Crippen LogP contribution < -0.4 is 20.3 Å². The van der Waals surface area contributed by atoms with E-state index in [4.69, 9.17) is 5.73 Å². The van der Waals surface area contributed by atoms with E-state index in [1.807, 2.05) is 18.2 Å². The molecule has 2 heterocycles. The Balaban J connectivity index is 1.62. The Morgan fingerprint density at radius 2 is 1.67 bits per heavy atom. The fourth-order valence-electron chi connectivity index (χ4n) is 2.76. The summed E-state index contributed by atoms with van der Waals surface area (Å²) in [6, 6.07) is 11.1. The highest BCUT2D eigenvalue weighted by Gasteiger charge is 2.18. The zero-order chi connectivity index (χ0) is 17.2. The molecule has 0 atom stereocenters. The van der Waals surface area contributed by atoms with Gasteiger partial charge in [-0.1, -0.05) is 0 Å². The maximum atomic E-state index is 11.2. The van der Waals surface area contributed by atoms with Gasteiger partial charge in [-0.25, -0.2) is 13.4 Å². The Hall–Kier alpha value is -2.48. The van der Waals surface area contributed by atoms with Crippen molar-refractivity contribution < 1.29 is 8.42 Å². The first-order valence-electron chi connectivity index (χ1n) is 7.70. The number of aromatic nitrogens is 1. The Morgan fingerprint density at radius 3 is 2.25 bits per heavy atom. The van der Waals surface area contributed by atoms with E-state index in [-0.39, 0.29) is 0 Å². The molecule has 0 spiro atoms. The molecule has 0 unspecified atom stereocenters. The third-order valence-electron chi connectivity index (χ3n) is 3.91. The molecule has 0 amide bonds. The molecule has 1 fully saturated rings. The first kappa shape index (κ1) is 16.4. The van der Waals surface area contributed by atoms with Crippen LogP contribution >= 0.6 is 0 Å².